The van der Waals surface area contributed by atoms with Crippen molar-refractivity contribution >= 4 is 33.5 Å². The number of amides is 2. The van der Waals surface area contributed by atoms with Crippen molar-refractivity contribution < 1.29 is 19.2 Å². The first kappa shape index (κ1) is 16.8. The van der Waals surface area contributed by atoms with Crippen molar-refractivity contribution in [3.8, 4) is 5.75 Å². The summed E-state index contributed by atoms with van der Waals surface area (Å²) in [6.07, 6.45) is 2.43. The maximum absolute atomic E-state index is 12.4. The van der Waals surface area contributed by atoms with E-state index < -0.39 is 16.9 Å². The number of benzene rings is 1. The number of carbonyl (C=O) groups excluding carboxylic acids is 2. The van der Waals surface area contributed by atoms with Gasteiger partial charge in [-0.15, -0.1) is 0 Å². The van der Waals surface area contributed by atoms with Gasteiger partial charge in [0.2, 0.25) is 0 Å². The summed E-state index contributed by atoms with van der Waals surface area (Å²) in [6.45, 7) is 1.27. The van der Waals surface area contributed by atoms with Crippen LogP contribution >= 0.6 is 11.3 Å². The third kappa shape index (κ3) is 3.91. The van der Waals surface area contributed by atoms with E-state index in [4.69, 9.17) is 4.74 Å². The molecule has 1 aliphatic heterocycles. The summed E-state index contributed by atoms with van der Waals surface area (Å²) in [5.74, 6) is -0.433. The lowest BCUT2D eigenvalue weighted by molar-refractivity contribution is -0.380. The van der Waals surface area contributed by atoms with Gasteiger partial charge in [0.15, 0.2) is 5.13 Å². The molecule has 0 spiro atoms. The van der Waals surface area contributed by atoms with Crippen molar-refractivity contribution in [2.45, 2.75) is 12.8 Å². The quantitative estimate of drug-likeness (QED) is 0.660. The zero-order chi connectivity index (χ0) is 17.8. The van der Waals surface area contributed by atoms with Crippen LogP contribution in [-0.4, -0.2) is 39.9 Å². The molecule has 25 heavy (non-hydrogen) atoms. The molecule has 1 aliphatic rings. The second kappa shape index (κ2) is 7.26. The fourth-order valence-corrected chi connectivity index (χ4v) is 3.00. The van der Waals surface area contributed by atoms with Crippen molar-refractivity contribution in [3.63, 3.8) is 0 Å². The van der Waals surface area contributed by atoms with Gasteiger partial charge in [0.25, 0.3) is 5.91 Å². The first-order valence-corrected chi connectivity index (χ1v) is 8.33. The van der Waals surface area contributed by atoms with Gasteiger partial charge in [-0.3, -0.25) is 20.2 Å². The normalized spacial score (nSPS) is 13.5. The van der Waals surface area contributed by atoms with E-state index in [-0.39, 0.29) is 21.4 Å². The Bertz CT molecular complexity index is 816. The molecule has 9 nitrogen and oxygen atoms in total. The van der Waals surface area contributed by atoms with E-state index in [9.17, 15) is 19.7 Å². The number of aromatic nitrogens is 1. The summed E-state index contributed by atoms with van der Waals surface area (Å²) in [6, 6.07) is 6.31. The minimum atomic E-state index is -0.584. The van der Waals surface area contributed by atoms with Crippen molar-refractivity contribution in [1.82, 2.24) is 9.88 Å². The first-order chi connectivity index (χ1) is 12.0. The molecular weight excluding hydrogens is 348 g/mol. The van der Waals surface area contributed by atoms with Crippen molar-refractivity contribution in [1.29, 1.82) is 0 Å². The molecule has 0 bridgehead atoms. The SMILES string of the molecule is O=C(Nc1ncc([N+](=O)[O-])s1)c1ccccc1OC(=O)N1CCCC1. The Balaban J connectivity index is 1.73. The Morgan fingerprint density at radius 1 is 1.28 bits per heavy atom. The maximum atomic E-state index is 12.4. The summed E-state index contributed by atoms with van der Waals surface area (Å²) in [5, 5.41) is 13.1. The predicted octanol–water partition coefficient (Wildman–Crippen LogP) is 2.90. The fourth-order valence-electron chi connectivity index (χ4n) is 2.37. The highest BCUT2D eigenvalue weighted by atomic mass is 32.1. The van der Waals surface area contributed by atoms with Gasteiger partial charge in [-0.1, -0.05) is 12.1 Å². The smallest absolute Gasteiger partial charge is 0.409 e. The lowest BCUT2D eigenvalue weighted by atomic mass is 10.2. The summed E-state index contributed by atoms with van der Waals surface area (Å²) >= 11 is 0.746. The summed E-state index contributed by atoms with van der Waals surface area (Å²) in [5.41, 5.74) is 0.146. The lowest BCUT2D eigenvalue weighted by Crippen LogP contribution is -2.31. The number of likely N-dealkylation sites (tertiary alicyclic amines) is 1. The molecule has 10 heteroatoms. The minimum absolute atomic E-state index is 0.0948. The van der Waals surface area contributed by atoms with Crippen LogP contribution in [0, 0.1) is 10.1 Å². The average molecular weight is 362 g/mol. The number of nitro groups is 1. The van der Waals surface area contributed by atoms with Gasteiger partial charge < -0.3 is 9.64 Å². The van der Waals surface area contributed by atoms with Gasteiger partial charge in [-0.05, 0) is 36.3 Å². The Kier molecular flexibility index (Phi) is 4.89. The zero-order valence-corrected chi connectivity index (χ0v) is 13.8. The number of thiazole rings is 1. The number of ether oxygens (including phenoxy) is 1. The number of nitrogens with one attached hydrogen (secondary N) is 1. The second-order valence-corrected chi connectivity index (χ2v) is 6.28. The Morgan fingerprint density at radius 2 is 2.00 bits per heavy atom. The molecule has 0 saturated carbocycles. The molecule has 1 fully saturated rings. The van der Waals surface area contributed by atoms with Crippen molar-refractivity contribution in [3.05, 3.63) is 46.1 Å². The number of carbonyl (C=O) groups is 2. The number of hydrogen-bond donors (Lipinski definition) is 1. The largest absolute Gasteiger partial charge is 0.415 e. The molecule has 0 atom stereocenters. The summed E-state index contributed by atoms with van der Waals surface area (Å²) in [4.78, 5) is 40.0. The monoisotopic (exact) mass is 362 g/mol. The predicted molar refractivity (Wildman–Crippen MR) is 90.0 cm³/mol. The van der Waals surface area contributed by atoms with Crippen LogP contribution in [0.25, 0.3) is 0 Å². The minimum Gasteiger partial charge on any atom is -0.409 e. The highest BCUT2D eigenvalue weighted by Crippen LogP contribution is 2.27. The molecular formula is C15H14N4O5S. The molecule has 130 valence electrons. The Morgan fingerprint density at radius 3 is 2.68 bits per heavy atom. The average Bonchev–Trinajstić information content (AvgIpc) is 3.27. The van der Waals surface area contributed by atoms with E-state index >= 15 is 0 Å². The third-order valence-electron chi connectivity index (χ3n) is 3.59. The number of para-hydroxylation sites is 1. The molecule has 1 aromatic carbocycles. The van der Waals surface area contributed by atoms with Crippen molar-refractivity contribution in [2.75, 3.05) is 18.4 Å². The van der Waals surface area contributed by atoms with Crippen LogP contribution in [0.15, 0.2) is 30.5 Å². The third-order valence-corrected chi connectivity index (χ3v) is 4.45. The topological polar surface area (TPSA) is 115 Å². The molecule has 0 aliphatic carbocycles. The fraction of sp³-hybridized carbons (Fsp3) is 0.267. The molecule has 2 aromatic rings. The molecule has 0 unspecified atom stereocenters. The Hall–Kier alpha value is -3.01. The molecule has 2 heterocycles. The van der Waals surface area contributed by atoms with Crippen LogP contribution in [-0.2, 0) is 0 Å². The Labute approximate surface area is 146 Å². The molecule has 3 rings (SSSR count). The van der Waals surface area contributed by atoms with Gasteiger partial charge in [0.05, 0.1) is 10.5 Å². The van der Waals surface area contributed by atoms with E-state index in [1.165, 1.54) is 12.1 Å². The standard InChI is InChI=1S/C15H14N4O5S/c20-13(17-14-16-9-12(25-14)19(22)23)10-5-1-2-6-11(10)24-15(21)18-7-3-4-8-18/h1-2,5-6,9H,3-4,7-8H2,(H,16,17,20). The second-order valence-electron chi connectivity index (χ2n) is 5.27. The van der Waals surface area contributed by atoms with E-state index in [1.807, 2.05) is 0 Å². The van der Waals surface area contributed by atoms with Crippen LogP contribution in [0.1, 0.15) is 23.2 Å². The number of nitrogens with zero attached hydrogens (tertiary/aromatic N) is 3. The molecule has 2 amide bonds. The summed E-state index contributed by atoms with van der Waals surface area (Å²) < 4.78 is 5.33. The number of rotatable bonds is 4. The number of anilines is 1. The maximum Gasteiger partial charge on any atom is 0.415 e. The van der Waals surface area contributed by atoms with Crippen LogP contribution < -0.4 is 10.1 Å². The molecule has 1 saturated heterocycles. The number of hydrogen-bond acceptors (Lipinski definition) is 7. The van der Waals surface area contributed by atoms with Gasteiger partial charge in [-0.2, -0.15) is 0 Å². The molecule has 1 aromatic heterocycles. The van der Waals surface area contributed by atoms with E-state index in [1.54, 1.807) is 17.0 Å². The lowest BCUT2D eigenvalue weighted by Gasteiger charge is -2.16. The van der Waals surface area contributed by atoms with Gasteiger partial charge in [0.1, 0.15) is 11.9 Å². The van der Waals surface area contributed by atoms with Gasteiger partial charge in [-0.25, -0.2) is 9.78 Å². The van der Waals surface area contributed by atoms with Gasteiger partial charge >= 0.3 is 11.1 Å². The van der Waals surface area contributed by atoms with Crippen LogP contribution in [0.5, 0.6) is 5.75 Å². The van der Waals surface area contributed by atoms with E-state index in [2.05, 4.69) is 10.3 Å². The first-order valence-electron chi connectivity index (χ1n) is 7.52. The van der Waals surface area contributed by atoms with Crippen LogP contribution in [0.3, 0.4) is 0 Å². The van der Waals surface area contributed by atoms with E-state index in [0.717, 1.165) is 30.4 Å². The van der Waals surface area contributed by atoms with Crippen LogP contribution in [0.4, 0.5) is 14.9 Å². The van der Waals surface area contributed by atoms with Crippen LogP contribution in [0.2, 0.25) is 0 Å². The van der Waals surface area contributed by atoms with E-state index in [0.29, 0.717) is 13.1 Å². The highest BCUT2D eigenvalue weighted by Gasteiger charge is 2.23. The van der Waals surface area contributed by atoms with Crippen molar-refractivity contribution in [2.24, 2.45) is 0 Å². The highest BCUT2D eigenvalue weighted by molar-refractivity contribution is 7.18. The zero-order valence-electron chi connectivity index (χ0n) is 13.0. The molecule has 1 N–H and O–H groups in total. The van der Waals surface area contributed by atoms with Gasteiger partial charge in [0, 0.05) is 13.1 Å². The summed E-state index contributed by atoms with van der Waals surface area (Å²) in [7, 11) is 0. The molecule has 0 radical (unpaired) electrons.